The molecule has 0 aliphatic heterocycles. The van der Waals surface area contributed by atoms with E-state index < -0.39 is 0 Å². The van der Waals surface area contributed by atoms with Crippen LogP contribution in [0.4, 0.5) is 11.6 Å². The van der Waals surface area contributed by atoms with Crippen LogP contribution in [0.15, 0.2) is 61.2 Å². The molecule has 6 aromatic rings. The second-order valence-electron chi connectivity index (χ2n) is 11.1. The van der Waals surface area contributed by atoms with Gasteiger partial charge in [-0.1, -0.05) is 53.5 Å². The molecule has 0 atom stereocenters. The minimum Gasteiger partial charge on any atom is -0.383 e. The van der Waals surface area contributed by atoms with Crippen molar-refractivity contribution in [2.75, 3.05) is 11.5 Å². The van der Waals surface area contributed by atoms with Crippen LogP contribution in [0.1, 0.15) is 60.3 Å². The van der Waals surface area contributed by atoms with E-state index in [0.717, 1.165) is 82.6 Å². The molecule has 4 N–H and O–H groups in total. The third-order valence-corrected chi connectivity index (χ3v) is 8.21. The van der Waals surface area contributed by atoms with Gasteiger partial charge in [-0.25, -0.2) is 29.3 Å². The molecule has 10 nitrogen and oxygen atoms in total. The van der Waals surface area contributed by atoms with E-state index in [4.69, 9.17) is 39.8 Å². The van der Waals surface area contributed by atoms with Gasteiger partial charge < -0.3 is 11.5 Å². The summed E-state index contributed by atoms with van der Waals surface area (Å²) < 4.78 is 3.98. The summed E-state index contributed by atoms with van der Waals surface area (Å²) in [5, 5.41) is 12.6. The van der Waals surface area contributed by atoms with Crippen molar-refractivity contribution in [2.24, 2.45) is 0 Å². The first-order valence-electron chi connectivity index (χ1n) is 14.6. The number of aromatic nitrogens is 8. The molecule has 0 unspecified atom stereocenters. The molecule has 222 valence electrons. The summed E-state index contributed by atoms with van der Waals surface area (Å²) in [5.41, 5.74) is 17.7. The average molecular weight is 626 g/mol. The molecule has 0 spiro atoms. The van der Waals surface area contributed by atoms with Gasteiger partial charge in [0.05, 0.1) is 34.2 Å². The van der Waals surface area contributed by atoms with Crippen molar-refractivity contribution in [1.82, 2.24) is 39.5 Å². The average Bonchev–Trinajstić information content (AvgIpc) is 3.96. The van der Waals surface area contributed by atoms with Crippen molar-refractivity contribution in [2.45, 2.75) is 50.6 Å². The Labute approximate surface area is 263 Å². The minimum absolute atomic E-state index is 0.435. The smallest absolute Gasteiger partial charge is 0.164 e. The molecule has 2 saturated carbocycles. The van der Waals surface area contributed by atoms with Crippen LogP contribution in [-0.4, -0.2) is 39.5 Å². The predicted molar refractivity (Wildman–Crippen MR) is 175 cm³/mol. The summed E-state index contributed by atoms with van der Waals surface area (Å²) in [7, 11) is 0. The summed E-state index contributed by atoms with van der Waals surface area (Å²) in [6.45, 7) is 0. The van der Waals surface area contributed by atoms with Gasteiger partial charge in [0.2, 0.25) is 0 Å². The Balaban J connectivity index is 0.000000142. The number of nitrogens with two attached hydrogens (primary N) is 2. The standard InChI is InChI=1S/C16H16ClN5.C16H14ClN5/c2*17-11-3-1-2-10(8-11)4-7-13-14-15(18)19-9-20-16(14)22(21-13)12-5-6-12/h1-3,8-9,12H,4-7H2,(H2,18,19,20);1-4,7-9,12H,5-6H2,(H2,18,19,20)/b;7-4+. The number of benzene rings is 2. The lowest BCUT2D eigenvalue weighted by atomic mass is 10.1. The van der Waals surface area contributed by atoms with Crippen molar-refractivity contribution in [3.63, 3.8) is 0 Å². The van der Waals surface area contributed by atoms with E-state index in [0.29, 0.717) is 28.7 Å². The maximum atomic E-state index is 6.06. The van der Waals surface area contributed by atoms with Crippen LogP contribution in [-0.2, 0) is 12.8 Å². The lowest BCUT2D eigenvalue weighted by Gasteiger charge is -2.01. The monoisotopic (exact) mass is 624 g/mol. The highest BCUT2D eigenvalue weighted by molar-refractivity contribution is 6.31. The molecule has 2 aromatic carbocycles. The molecule has 12 heteroatoms. The second-order valence-corrected chi connectivity index (χ2v) is 12.0. The SMILES string of the molecule is Nc1ncnc2c1c(/C=C/c1cccc(Cl)c1)nn2C1CC1.Nc1ncnc2c1c(CCc1cccc(Cl)c1)nn2C1CC1. The fraction of sp³-hybridized carbons (Fsp3) is 0.250. The predicted octanol–water partition coefficient (Wildman–Crippen LogP) is 6.75. The maximum absolute atomic E-state index is 6.06. The highest BCUT2D eigenvalue weighted by Gasteiger charge is 2.29. The van der Waals surface area contributed by atoms with Crippen molar-refractivity contribution >= 4 is 69.1 Å². The Bertz CT molecular complexity index is 2010. The van der Waals surface area contributed by atoms with Crippen LogP contribution in [0.2, 0.25) is 10.0 Å². The van der Waals surface area contributed by atoms with Gasteiger partial charge in [-0.2, -0.15) is 10.2 Å². The first kappa shape index (κ1) is 28.2. The quantitative estimate of drug-likeness (QED) is 0.199. The third kappa shape index (κ3) is 5.95. The molecule has 0 amide bonds. The first-order valence-corrected chi connectivity index (χ1v) is 15.3. The number of anilines is 2. The van der Waals surface area contributed by atoms with Gasteiger partial charge in [0.15, 0.2) is 11.3 Å². The first-order chi connectivity index (χ1) is 21.4. The van der Waals surface area contributed by atoms with E-state index in [1.165, 1.54) is 18.2 Å². The summed E-state index contributed by atoms with van der Waals surface area (Å²) in [4.78, 5) is 16.9. The summed E-state index contributed by atoms with van der Waals surface area (Å²) >= 11 is 12.0. The van der Waals surface area contributed by atoms with Crippen molar-refractivity contribution in [3.05, 3.63) is 93.7 Å². The van der Waals surface area contributed by atoms with E-state index in [1.807, 2.05) is 64.0 Å². The molecular weight excluding hydrogens is 595 g/mol. The topological polar surface area (TPSA) is 139 Å². The van der Waals surface area contributed by atoms with E-state index in [9.17, 15) is 0 Å². The third-order valence-electron chi connectivity index (χ3n) is 7.74. The second kappa shape index (κ2) is 11.9. The molecule has 2 aliphatic carbocycles. The van der Waals surface area contributed by atoms with Gasteiger partial charge in [0, 0.05) is 10.0 Å². The Hall–Kier alpha value is -4.54. The van der Waals surface area contributed by atoms with Gasteiger partial charge in [0.1, 0.15) is 24.3 Å². The van der Waals surface area contributed by atoms with Crippen molar-refractivity contribution in [3.8, 4) is 0 Å². The Morgan fingerprint density at radius 2 is 1.32 bits per heavy atom. The summed E-state index contributed by atoms with van der Waals surface area (Å²) in [6, 6.07) is 16.5. The molecular formula is C32H30Cl2N10. The van der Waals surface area contributed by atoms with Crippen LogP contribution >= 0.6 is 23.2 Å². The number of nitrogen functional groups attached to an aromatic ring is 2. The van der Waals surface area contributed by atoms with Crippen molar-refractivity contribution < 1.29 is 0 Å². The highest BCUT2D eigenvalue weighted by Crippen LogP contribution is 2.39. The molecule has 4 aromatic heterocycles. The molecule has 0 saturated heterocycles. The van der Waals surface area contributed by atoms with E-state index in [1.54, 1.807) is 0 Å². The number of hydrogen-bond acceptors (Lipinski definition) is 8. The van der Waals surface area contributed by atoms with E-state index >= 15 is 0 Å². The number of aryl methyl sites for hydroxylation is 2. The fourth-order valence-corrected chi connectivity index (χ4v) is 5.68. The van der Waals surface area contributed by atoms with Crippen LogP contribution in [0.5, 0.6) is 0 Å². The zero-order valence-corrected chi connectivity index (χ0v) is 25.3. The van der Waals surface area contributed by atoms with Crippen LogP contribution in [0.3, 0.4) is 0 Å². The zero-order chi connectivity index (χ0) is 30.2. The molecule has 2 fully saturated rings. The van der Waals surface area contributed by atoms with Gasteiger partial charge >= 0.3 is 0 Å². The number of fused-ring (bicyclic) bond motifs is 2. The van der Waals surface area contributed by atoms with Gasteiger partial charge in [-0.15, -0.1) is 0 Å². The number of nitrogens with zero attached hydrogens (tertiary/aromatic N) is 8. The molecule has 0 radical (unpaired) electrons. The summed E-state index contributed by atoms with van der Waals surface area (Å²) in [6.07, 6.45) is 13.2. The van der Waals surface area contributed by atoms with Crippen LogP contribution < -0.4 is 11.5 Å². The van der Waals surface area contributed by atoms with Gasteiger partial charge in [-0.05, 0) is 80.0 Å². The Morgan fingerprint density at radius 1 is 0.705 bits per heavy atom. The molecule has 2 aliphatic rings. The minimum atomic E-state index is 0.435. The van der Waals surface area contributed by atoms with Crippen molar-refractivity contribution in [1.29, 1.82) is 0 Å². The van der Waals surface area contributed by atoms with E-state index in [2.05, 4.69) is 31.1 Å². The van der Waals surface area contributed by atoms with Crippen LogP contribution in [0, 0.1) is 0 Å². The molecule has 4 heterocycles. The maximum Gasteiger partial charge on any atom is 0.164 e. The lowest BCUT2D eigenvalue weighted by molar-refractivity contribution is 0.643. The molecule has 44 heavy (non-hydrogen) atoms. The number of hydrogen-bond donors (Lipinski definition) is 2. The molecule has 8 rings (SSSR count). The van der Waals surface area contributed by atoms with Gasteiger partial charge in [-0.3, -0.25) is 0 Å². The van der Waals surface area contributed by atoms with Gasteiger partial charge in [0.25, 0.3) is 0 Å². The number of halogens is 2. The highest BCUT2D eigenvalue weighted by atomic mass is 35.5. The molecule has 0 bridgehead atoms. The normalized spacial score (nSPS) is 14.8. The number of rotatable bonds is 7. The van der Waals surface area contributed by atoms with E-state index in [-0.39, 0.29) is 0 Å². The Morgan fingerprint density at radius 3 is 1.98 bits per heavy atom. The summed E-state index contributed by atoms with van der Waals surface area (Å²) in [5.74, 6) is 0.973. The van der Waals surface area contributed by atoms with Crippen LogP contribution in [0.25, 0.3) is 34.2 Å². The zero-order valence-electron chi connectivity index (χ0n) is 23.8. The Kier molecular flexibility index (Phi) is 7.61. The lowest BCUT2D eigenvalue weighted by Crippen LogP contribution is -1.99. The largest absolute Gasteiger partial charge is 0.383 e. The fourth-order valence-electron chi connectivity index (χ4n) is 5.27.